The lowest BCUT2D eigenvalue weighted by atomic mass is 10.1. The largest absolute Gasteiger partial charge is 0.479 e. The number of benzene rings is 1. The van der Waals surface area contributed by atoms with Crippen LogP contribution in [-0.4, -0.2) is 24.7 Å². The summed E-state index contributed by atoms with van der Waals surface area (Å²) >= 11 is 4.02. The second-order valence-electron chi connectivity index (χ2n) is 4.03. The summed E-state index contributed by atoms with van der Waals surface area (Å²) in [5.74, 6) is -0.277. The van der Waals surface area contributed by atoms with E-state index in [1.54, 1.807) is 18.3 Å². The molecule has 96 valence electrons. The van der Waals surface area contributed by atoms with Crippen molar-refractivity contribution in [3.05, 3.63) is 47.4 Å². The van der Waals surface area contributed by atoms with E-state index in [2.05, 4.69) is 27.7 Å². The van der Waals surface area contributed by atoms with Gasteiger partial charge in [0.05, 0.1) is 6.20 Å². The molecule has 0 aliphatic rings. The first-order valence-corrected chi connectivity index (χ1v) is 5.95. The van der Waals surface area contributed by atoms with Crippen molar-refractivity contribution in [1.29, 1.82) is 0 Å². The summed E-state index contributed by atoms with van der Waals surface area (Å²) in [5, 5.41) is 13.8. The lowest BCUT2D eigenvalue weighted by molar-refractivity contribution is 0.404. The summed E-state index contributed by atoms with van der Waals surface area (Å²) < 4.78 is 14.1. The fraction of sp³-hybridized carbons (Fsp3) is 0.0833. The third-order valence-electron chi connectivity index (χ3n) is 2.72. The maximum atomic E-state index is 12.8. The molecule has 0 aliphatic carbocycles. The van der Waals surface area contributed by atoms with E-state index in [9.17, 15) is 9.50 Å². The number of hydrogen-bond acceptors (Lipinski definition) is 5. The SMILES string of the molecule is Oc1nc(S)nc2c(Cc3ccc(F)cc3)cnn12. The molecule has 0 aliphatic heterocycles. The average molecular weight is 276 g/mol. The minimum atomic E-state index is -0.277. The number of rotatable bonds is 2. The van der Waals surface area contributed by atoms with Gasteiger partial charge in [0.15, 0.2) is 10.8 Å². The summed E-state index contributed by atoms with van der Waals surface area (Å²) in [6, 6.07) is 5.93. The number of halogens is 1. The molecule has 0 saturated carbocycles. The van der Waals surface area contributed by atoms with Gasteiger partial charge in [0.2, 0.25) is 0 Å². The maximum absolute atomic E-state index is 12.8. The van der Waals surface area contributed by atoms with Crippen LogP contribution < -0.4 is 0 Å². The van der Waals surface area contributed by atoms with Gasteiger partial charge >= 0.3 is 6.01 Å². The summed E-state index contributed by atoms with van der Waals surface area (Å²) in [4.78, 5) is 7.82. The zero-order valence-corrected chi connectivity index (χ0v) is 10.5. The van der Waals surface area contributed by atoms with Crippen LogP contribution in [0.4, 0.5) is 4.39 Å². The minimum Gasteiger partial charge on any atom is -0.479 e. The summed E-state index contributed by atoms with van der Waals surface area (Å²) in [7, 11) is 0. The van der Waals surface area contributed by atoms with E-state index in [0.717, 1.165) is 11.1 Å². The predicted octanol–water partition coefficient (Wildman–Crippen LogP) is 1.85. The van der Waals surface area contributed by atoms with E-state index < -0.39 is 0 Å². The Morgan fingerprint density at radius 3 is 2.68 bits per heavy atom. The Morgan fingerprint density at radius 2 is 1.95 bits per heavy atom. The highest BCUT2D eigenvalue weighted by molar-refractivity contribution is 7.80. The molecule has 0 unspecified atom stereocenters. The van der Waals surface area contributed by atoms with E-state index in [0.29, 0.717) is 12.1 Å². The summed E-state index contributed by atoms with van der Waals surface area (Å²) in [6.07, 6.45) is 2.13. The molecule has 0 fully saturated rings. The number of hydrogen-bond donors (Lipinski definition) is 2. The first kappa shape index (κ1) is 11.9. The molecule has 19 heavy (non-hydrogen) atoms. The van der Waals surface area contributed by atoms with E-state index in [4.69, 9.17) is 0 Å². The van der Waals surface area contributed by atoms with Crippen LogP contribution in [0.3, 0.4) is 0 Å². The van der Waals surface area contributed by atoms with E-state index >= 15 is 0 Å². The maximum Gasteiger partial charge on any atom is 0.319 e. The highest BCUT2D eigenvalue weighted by Crippen LogP contribution is 2.18. The molecule has 2 aromatic heterocycles. The van der Waals surface area contributed by atoms with Crippen LogP contribution in [0.1, 0.15) is 11.1 Å². The summed E-state index contributed by atoms with van der Waals surface area (Å²) in [5.41, 5.74) is 2.22. The van der Waals surface area contributed by atoms with Gasteiger partial charge in [-0.05, 0) is 17.7 Å². The lowest BCUT2D eigenvalue weighted by Gasteiger charge is -2.01. The zero-order chi connectivity index (χ0) is 13.4. The third-order valence-corrected chi connectivity index (χ3v) is 2.92. The summed E-state index contributed by atoms with van der Waals surface area (Å²) in [6.45, 7) is 0. The van der Waals surface area contributed by atoms with Gasteiger partial charge in [-0.1, -0.05) is 12.1 Å². The molecule has 7 heteroatoms. The Morgan fingerprint density at radius 1 is 1.21 bits per heavy atom. The molecule has 1 N–H and O–H groups in total. The number of fused-ring (bicyclic) bond motifs is 1. The fourth-order valence-corrected chi connectivity index (χ4v) is 2.03. The first-order chi connectivity index (χ1) is 9.13. The van der Waals surface area contributed by atoms with Crippen molar-refractivity contribution in [3.63, 3.8) is 0 Å². The fourth-order valence-electron chi connectivity index (χ4n) is 1.84. The van der Waals surface area contributed by atoms with Crippen molar-refractivity contribution in [2.75, 3.05) is 0 Å². The van der Waals surface area contributed by atoms with Crippen LogP contribution >= 0.6 is 12.6 Å². The van der Waals surface area contributed by atoms with E-state index in [1.807, 2.05) is 0 Å². The smallest absolute Gasteiger partial charge is 0.319 e. The number of aromatic hydroxyl groups is 1. The van der Waals surface area contributed by atoms with Crippen molar-refractivity contribution >= 4 is 18.3 Å². The molecule has 0 atom stereocenters. The van der Waals surface area contributed by atoms with Crippen molar-refractivity contribution in [3.8, 4) is 6.01 Å². The molecule has 2 heterocycles. The Labute approximate surface area is 113 Å². The Bertz CT molecular complexity index is 741. The van der Waals surface area contributed by atoms with Crippen LogP contribution in [-0.2, 0) is 6.42 Å². The van der Waals surface area contributed by atoms with Crippen LogP contribution in [0, 0.1) is 5.82 Å². The second kappa shape index (κ2) is 4.51. The molecular formula is C12H9FN4OS. The quantitative estimate of drug-likeness (QED) is 0.701. The average Bonchev–Trinajstić information content (AvgIpc) is 2.76. The Balaban J connectivity index is 2.03. The van der Waals surface area contributed by atoms with Crippen LogP contribution in [0.5, 0.6) is 6.01 Å². The van der Waals surface area contributed by atoms with Crippen LogP contribution in [0.15, 0.2) is 35.6 Å². The normalized spacial score (nSPS) is 11.1. The monoisotopic (exact) mass is 276 g/mol. The minimum absolute atomic E-state index is 0.172. The van der Waals surface area contributed by atoms with Gasteiger partial charge in [0, 0.05) is 12.0 Å². The molecular weight excluding hydrogens is 267 g/mol. The van der Waals surface area contributed by atoms with Crippen molar-refractivity contribution in [2.24, 2.45) is 0 Å². The van der Waals surface area contributed by atoms with Crippen LogP contribution in [0.2, 0.25) is 0 Å². The molecule has 0 bridgehead atoms. The number of thiol groups is 1. The van der Waals surface area contributed by atoms with Gasteiger partial charge in [-0.3, -0.25) is 0 Å². The van der Waals surface area contributed by atoms with Gasteiger partial charge in [0.25, 0.3) is 0 Å². The zero-order valence-electron chi connectivity index (χ0n) is 9.66. The topological polar surface area (TPSA) is 63.3 Å². The van der Waals surface area contributed by atoms with Gasteiger partial charge in [-0.2, -0.15) is 14.6 Å². The first-order valence-electron chi connectivity index (χ1n) is 5.50. The van der Waals surface area contributed by atoms with Gasteiger partial charge in [-0.15, -0.1) is 12.6 Å². The van der Waals surface area contributed by atoms with Crippen molar-refractivity contribution in [2.45, 2.75) is 11.6 Å². The van der Waals surface area contributed by atoms with Gasteiger partial charge in [0.1, 0.15) is 5.82 Å². The van der Waals surface area contributed by atoms with Gasteiger partial charge < -0.3 is 5.11 Å². The highest BCUT2D eigenvalue weighted by Gasteiger charge is 2.11. The standard InChI is InChI=1S/C12H9FN4OS/c13-9-3-1-7(2-4-9)5-8-6-14-17-10(8)15-11(19)16-12(17)18/h1-4,6H,5H2,(H2,15,16,18,19). The molecule has 0 spiro atoms. The molecule has 1 aromatic carbocycles. The Hall–Kier alpha value is -2.15. The molecule has 0 radical (unpaired) electrons. The molecule has 3 aromatic rings. The Kier molecular flexibility index (Phi) is 2.83. The highest BCUT2D eigenvalue weighted by atomic mass is 32.1. The van der Waals surface area contributed by atoms with Crippen molar-refractivity contribution < 1.29 is 9.50 Å². The predicted molar refractivity (Wildman–Crippen MR) is 68.9 cm³/mol. The van der Waals surface area contributed by atoms with Crippen LogP contribution in [0.25, 0.3) is 5.65 Å². The molecule has 0 amide bonds. The molecule has 3 rings (SSSR count). The number of aromatic nitrogens is 4. The number of nitrogens with zero attached hydrogens (tertiary/aromatic N) is 4. The van der Waals surface area contributed by atoms with Crippen molar-refractivity contribution in [1.82, 2.24) is 19.6 Å². The van der Waals surface area contributed by atoms with E-state index in [1.165, 1.54) is 16.6 Å². The lowest BCUT2D eigenvalue weighted by Crippen LogP contribution is -1.97. The molecule has 5 nitrogen and oxygen atoms in total. The molecule has 0 saturated heterocycles. The van der Waals surface area contributed by atoms with E-state index in [-0.39, 0.29) is 17.0 Å². The third kappa shape index (κ3) is 2.24. The second-order valence-corrected chi connectivity index (χ2v) is 4.43. The van der Waals surface area contributed by atoms with Gasteiger partial charge in [-0.25, -0.2) is 9.37 Å².